The molecule has 0 radical (unpaired) electrons. The molecular weight excluding hydrogens is 421 g/mol. The van der Waals surface area contributed by atoms with Crippen molar-refractivity contribution in [3.63, 3.8) is 0 Å². The minimum atomic E-state index is -3.81. The van der Waals surface area contributed by atoms with Crippen LogP contribution in [0.1, 0.15) is 25.7 Å². The van der Waals surface area contributed by atoms with E-state index in [9.17, 15) is 13.2 Å². The van der Waals surface area contributed by atoms with Crippen LogP contribution >= 0.6 is 23.2 Å². The second-order valence-electron chi connectivity index (χ2n) is 6.62. The quantitative estimate of drug-likeness (QED) is 0.683. The summed E-state index contributed by atoms with van der Waals surface area (Å²) >= 11 is 11.8. The molecule has 6 nitrogen and oxygen atoms in total. The molecule has 1 heterocycles. The zero-order valence-corrected chi connectivity index (χ0v) is 17.4. The Bertz CT molecular complexity index is 921. The second kappa shape index (κ2) is 9.03. The Labute approximate surface area is 174 Å². The normalized spacial score (nSPS) is 15.0. The molecule has 1 fully saturated rings. The van der Waals surface area contributed by atoms with Crippen LogP contribution in [-0.2, 0) is 10.0 Å². The van der Waals surface area contributed by atoms with Crippen LogP contribution in [0.15, 0.2) is 47.4 Å². The van der Waals surface area contributed by atoms with E-state index >= 15 is 0 Å². The standard InChI is InChI=1S/C19H21Cl2N3O3S/c20-14-11-15(21)13-17(12-14)23-28(26,27)18-7-5-16(6-8-18)22-19(25)24-9-3-1-2-4-10-24/h5-8,11-13,23H,1-4,9-10H2,(H,22,25). The van der Waals surface area contributed by atoms with Crippen molar-refractivity contribution in [1.82, 2.24) is 4.90 Å². The molecule has 0 saturated carbocycles. The number of hydrogen-bond donors (Lipinski definition) is 2. The van der Waals surface area contributed by atoms with Crippen molar-refractivity contribution in [2.45, 2.75) is 30.6 Å². The van der Waals surface area contributed by atoms with Gasteiger partial charge >= 0.3 is 6.03 Å². The average molecular weight is 442 g/mol. The minimum absolute atomic E-state index is 0.0661. The van der Waals surface area contributed by atoms with E-state index in [1.54, 1.807) is 17.0 Å². The van der Waals surface area contributed by atoms with Crippen molar-refractivity contribution in [3.05, 3.63) is 52.5 Å². The van der Waals surface area contributed by atoms with E-state index in [-0.39, 0.29) is 16.6 Å². The van der Waals surface area contributed by atoms with Gasteiger partial charge in [-0.05, 0) is 55.3 Å². The molecule has 0 bridgehead atoms. The number of hydrogen-bond acceptors (Lipinski definition) is 3. The first-order valence-electron chi connectivity index (χ1n) is 8.98. The molecule has 3 rings (SSSR count). The van der Waals surface area contributed by atoms with Crippen LogP contribution in [-0.4, -0.2) is 32.4 Å². The average Bonchev–Trinajstić information content (AvgIpc) is 2.90. The number of carbonyl (C=O) groups is 1. The molecule has 0 spiro atoms. The Balaban J connectivity index is 1.68. The zero-order valence-electron chi connectivity index (χ0n) is 15.1. The van der Waals surface area contributed by atoms with Crippen molar-refractivity contribution >= 4 is 50.6 Å². The van der Waals surface area contributed by atoms with Crippen molar-refractivity contribution in [2.24, 2.45) is 0 Å². The molecule has 1 aliphatic heterocycles. The number of nitrogens with one attached hydrogen (secondary N) is 2. The monoisotopic (exact) mass is 441 g/mol. The van der Waals surface area contributed by atoms with Gasteiger partial charge in [0.15, 0.2) is 0 Å². The van der Waals surface area contributed by atoms with Gasteiger partial charge in [-0.25, -0.2) is 13.2 Å². The third-order valence-corrected chi connectivity index (χ3v) is 6.26. The Morgan fingerprint density at radius 1 is 0.857 bits per heavy atom. The van der Waals surface area contributed by atoms with Gasteiger partial charge in [0, 0.05) is 28.8 Å². The number of amides is 2. The largest absolute Gasteiger partial charge is 0.325 e. The third-order valence-electron chi connectivity index (χ3n) is 4.42. The maximum atomic E-state index is 12.6. The molecule has 2 aromatic rings. The van der Waals surface area contributed by atoms with Gasteiger partial charge in [0.25, 0.3) is 10.0 Å². The van der Waals surface area contributed by atoms with E-state index in [1.807, 2.05) is 0 Å². The van der Waals surface area contributed by atoms with Gasteiger partial charge in [-0.2, -0.15) is 0 Å². The van der Waals surface area contributed by atoms with Gasteiger partial charge < -0.3 is 10.2 Å². The molecule has 150 valence electrons. The lowest BCUT2D eigenvalue weighted by Gasteiger charge is -2.20. The van der Waals surface area contributed by atoms with Crippen LogP contribution in [0.25, 0.3) is 0 Å². The maximum Gasteiger partial charge on any atom is 0.321 e. The van der Waals surface area contributed by atoms with Gasteiger partial charge in [0.1, 0.15) is 0 Å². The summed E-state index contributed by atoms with van der Waals surface area (Å²) in [6.45, 7) is 1.48. The van der Waals surface area contributed by atoms with Crippen LogP contribution in [0, 0.1) is 0 Å². The van der Waals surface area contributed by atoms with E-state index in [4.69, 9.17) is 23.2 Å². The molecule has 0 aromatic heterocycles. The number of anilines is 2. The smallest absolute Gasteiger partial charge is 0.321 e. The van der Waals surface area contributed by atoms with E-state index < -0.39 is 10.0 Å². The Kier molecular flexibility index (Phi) is 6.69. The number of nitrogens with zero attached hydrogens (tertiary/aromatic N) is 1. The highest BCUT2D eigenvalue weighted by Crippen LogP contribution is 2.25. The highest BCUT2D eigenvalue weighted by atomic mass is 35.5. The van der Waals surface area contributed by atoms with Crippen molar-refractivity contribution in [2.75, 3.05) is 23.1 Å². The molecule has 0 atom stereocenters. The van der Waals surface area contributed by atoms with Crippen LogP contribution in [0.5, 0.6) is 0 Å². The first kappa shape index (κ1) is 20.8. The fourth-order valence-electron chi connectivity index (χ4n) is 3.02. The predicted molar refractivity (Wildman–Crippen MR) is 113 cm³/mol. The van der Waals surface area contributed by atoms with Crippen LogP contribution < -0.4 is 10.0 Å². The lowest BCUT2D eigenvalue weighted by atomic mass is 10.2. The summed E-state index contributed by atoms with van der Waals surface area (Å²) < 4.78 is 27.5. The molecule has 0 unspecified atom stereocenters. The Morgan fingerprint density at radius 3 is 2.00 bits per heavy atom. The zero-order chi connectivity index (χ0) is 20.1. The molecular formula is C19H21Cl2N3O3S. The van der Waals surface area contributed by atoms with Crippen molar-refractivity contribution in [1.29, 1.82) is 0 Å². The SMILES string of the molecule is O=C(Nc1ccc(S(=O)(=O)Nc2cc(Cl)cc(Cl)c2)cc1)N1CCCCCC1. The molecule has 2 N–H and O–H groups in total. The molecule has 2 amide bonds. The lowest BCUT2D eigenvalue weighted by Crippen LogP contribution is -2.35. The summed E-state index contributed by atoms with van der Waals surface area (Å²) in [5.74, 6) is 0. The molecule has 9 heteroatoms. The van der Waals surface area contributed by atoms with Crippen molar-refractivity contribution in [3.8, 4) is 0 Å². The number of likely N-dealkylation sites (tertiary alicyclic amines) is 1. The van der Waals surface area contributed by atoms with Gasteiger partial charge in [-0.1, -0.05) is 36.0 Å². The summed E-state index contributed by atoms with van der Waals surface area (Å²) in [6, 6.07) is 10.3. The second-order valence-corrected chi connectivity index (χ2v) is 9.17. The van der Waals surface area contributed by atoms with Crippen LogP contribution in [0.4, 0.5) is 16.2 Å². The number of carbonyl (C=O) groups excluding carboxylic acids is 1. The van der Waals surface area contributed by atoms with Gasteiger partial charge in [-0.3, -0.25) is 4.72 Å². The van der Waals surface area contributed by atoms with E-state index in [0.29, 0.717) is 15.7 Å². The van der Waals surface area contributed by atoms with Gasteiger partial charge in [-0.15, -0.1) is 0 Å². The van der Waals surface area contributed by atoms with Crippen molar-refractivity contribution < 1.29 is 13.2 Å². The lowest BCUT2D eigenvalue weighted by molar-refractivity contribution is 0.214. The highest BCUT2D eigenvalue weighted by molar-refractivity contribution is 7.92. The fraction of sp³-hybridized carbons (Fsp3) is 0.316. The summed E-state index contributed by atoms with van der Waals surface area (Å²) in [4.78, 5) is 14.2. The summed E-state index contributed by atoms with van der Waals surface area (Å²) in [5.41, 5.74) is 0.815. The molecule has 28 heavy (non-hydrogen) atoms. The predicted octanol–water partition coefficient (Wildman–Crippen LogP) is 5.20. The van der Waals surface area contributed by atoms with Crippen LogP contribution in [0.3, 0.4) is 0 Å². The Morgan fingerprint density at radius 2 is 1.43 bits per heavy atom. The van der Waals surface area contributed by atoms with E-state index in [1.165, 1.54) is 30.3 Å². The summed E-state index contributed by atoms with van der Waals surface area (Å²) in [7, 11) is -3.81. The first-order valence-corrected chi connectivity index (χ1v) is 11.2. The van der Waals surface area contributed by atoms with Gasteiger partial charge in [0.2, 0.25) is 0 Å². The molecule has 1 saturated heterocycles. The topological polar surface area (TPSA) is 78.5 Å². The minimum Gasteiger partial charge on any atom is -0.325 e. The number of urea groups is 1. The summed E-state index contributed by atoms with van der Waals surface area (Å²) in [5, 5.41) is 3.48. The number of rotatable bonds is 4. The summed E-state index contributed by atoms with van der Waals surface area (Å²) in [6.07, 6.45) is 4.29. The number of sulfonamides is 1. The molecule has 1 aliphatic rings. The first-order chi connectivity index (χ1) is 13.3. The van der Waals surface area contributed by atoms with Gasteiger partial charge in [0.05, 0.1) is 10.6 Å². The third kappa shape index (κ3) is 5.53. The highest BCUT2D eigenvalue weighted by Gasteiger charge is 2.17. The molecule has 0 aliphatic carbocycles. The maximum absolute atomic E-state index is 12.6. The Hall–Kier alpha value is -1.96. The fourth-order valence-corrected chi connectivity index (χ4v) is 4.59. The number of benzene rings is 2. The number of halogens is 2. The molecule has 2 aromatic carbocycles. The van der Waals surface area contributed by atoms with Crippen LogP contribution in [0.2, 0.25) is 10.0 Å². The van der Waals surface area contributed by atoms with E-state index in [0.717, 1.165) is 38.8 Å². The van der Waals surface area contributed by atoms with E-state index in [2.05, 4.69) is 10.0 Å².